The minimum atomic E-state index is -4.15. The molecule has 0 aliphatic carbocycles. The van der Waals surface area contributed by atoms with Crippen molar-refractivity contribution in [2.75, 3.05) is 23.3 Å². The molecule has 0 saturated heterocycles. The summed E-state index contributed by atoms with van der Waals surface area (Å²) < 4.78 is 33.7. The predicted octanol–water partition coefficient (Wildman–Crippen LogP) is 5.45. The number of sulfonamides is 1. The fourth-order valence-electron chi connectivity index (χ4n) is 3.04. The fourth-order valence-corrected chi connectivity index (χ4v) is 5.04. The zero-order chi connectivity index (χ0) is 23.5. The Hall–Kier alpha value is -2.74. The van der Waals surface area contributed by atoms with Crippen molar-refractivity contribution in [2.45, 2.75) is 18.7 Å². The van der Waals surface area contributed by atoms with Gasteiger partial charge < -0.3 is 10.1 Å². The molecule has 0 aliphatic heterocycles. The van der Waals surface area contributed by atoms with Gasteiger partial charge >= 0.3 is 0 Å². The fraction of sp³-hybridized carbons (Fsp3) is 0.174. The molecule has 0 saturated carbocycles. The van der Waals surface area contributed by atoms with Gasteiger partial charge in [-0.3, -0.25) is 9.10 Å². The number of methoxy groups -OCH3 is 1. The molecule has 0 bridgehead atoms. The van der Waals surface area contributed by atoms with E-state index in [1.807, 2.05) is 6.92 Å². The highest BCUT2D eigenvalue weighted by Gasteiger charge is 2.30. The molecule has 0 heterocycles. The maximum atomic E-state index is 13.7. The summed E-state index contributed by atoms with van der Waals surface area (Å²) in [6.07, 6.45) is 0. The van der Waals surface area contributed by atoms with Crippen LogP contribution < -0.4 is 14.4 Å². The van der Waals surface area contributed by atoms with Crippen molar-refractivity contribution in [3.8, 4) is 5.75 Å². The van der Waals surface area contributed by atoms with Gasteiger partial charge in [-0.2, -0.15) is 0 Å². The normalized spacial score (nSPS) is 11.2. The number of benzene rings is 3. The van der Waals surface area contributed by atoms with Crippen molar-refractivity contribution in [2.24, 2.45) is 0 Å². The number of nitrogens with zero attached hydrogens (tertiary/aromatic N) is 1. The Labute approximate surface area is 197 Å². The quantitative estimate of drug-likeness (QED) is 0.475. The number of anilines is 2. The van der Waals surface area contributed by atoms with Crippen LogP contribution in [-0.2, 0) is 14.8 Å². The third-order valence-electron chi connectivity index (χ3n) is 4.70. The highest BCUT2D eigenvalue weighted by Crippen LogP contribution is 2.31. The van der Waals surface area contributed by atoms with Crippen LogP contribution >= 0.6 is 23.2 Å². The summed E-state index contributed by atoms with van der Waals surface area (Å²) in [4.78, 5) is 12.8. The maximum absolute atomic E-state index is 13.7. The van der Waals surface area contributed by atoms with Crippen molar-refractivity contribution in [1.82, 2.24) is 0 Å². The highest BCUT2D eigenvalue weighted by atomic mass is 35.5. The lowest BCUT2D eigenvalue weighted by molar-refractivity contribution is -0.114. The van der Waals surface area contributed by atoms with E-state index >= 15 is 0 Å². The lowest BCUT2D eigenvalue weighted by atomic mass is 10.2. The van der Waals surface area contributed by atoms with E-state index in [1.54, 1.807) is 55.5 Å². The average Bonchev–Trinajstić information content (AvgIpc) is 2.75. The summed E-state index contributed by atoms with van der Waals surface area (Å²) in [5, 5.41) is 3.30. The summed E-state index contributed by atoms with van der Waals surface area (Å²) in [5.41, 5.74) is 2.32. The standard InChI is InChI=1S/C23H22Cl2N2O4S/c1-15-4-8-18(9-5-15)27(14-23(28)26-20-13-17(24)7-10-19(20)25)32(29,30)22-12-16(2)6-11-21(22)31-3/h4-13H,14H2,1-3H3,(H,26,28). The first-order valence-corrected chi connectivity index (χ1v) is 11.8. The van der Waals surface area contributed by atoms with Crippen molar-refractivity contribution >= 4 is 50.5 Å². The minimum Gasteiger partial charge on any atom is -0.495 e. The van der Waals surface area contributed by atoms with Crippen LogP contribution in [0.2, 0.25) is 10.0 Å². The number of aryl methyl sites for hydroxylation is 2. The van der Waals surface area contributed by atoms with Gasteiger partial charge in [0.15, 0.2) is 0 Å². The summed E-state index contributed by atoms with van der Waals surface area (Å²) >= 11 is 12.1. The van der Waals surface area contributed by atoms with Crippen LogP contribution in [0.1, 0.15) is 11.1 Å². The molecule has 1 N–H and O–H groups in total. The molecule has 9 heteroatoms. The van der Waals surface area contributed by atoms with Crippen molar-refractivity contribution in [3.63, 3.8) is 0 Å². The largest absolute Gasteiger partial charge is 0.495 e. The molecular weight excluding hydrogens is 471 g/mol. The summed E-state index contributed by atoms with van der Waals surface area (Å²) in [5.74, 6) is -0.393. The predicted molar refractivity (Wildman–Crippen MR) is 129 cm³/mol. The zero-order valence-corrected chi connectivity index (χ0v) is 20.1. The number of carbonyl (C=O) groups is 1. The van der Waals surface area contributed by atoms with Gasteiger partial charge in [0.25, 0.3) is 10.0 Å². The van der Waals surface area contributed by atoms with E-state index < -0.39 is 22.5 Å². The van der Waals surface area contributed by atoms with Gasteiger partial charge in [0.1, 0.15) is 17.2 Å². The third kappa shape index (κ3) is 5.35. The summed E-state index contributed by atoms with van der Waals surface area (Å²) in [6, 6.07) is 16.3. The van der Waals surface area contributed by atoms with Gasteiger partial charge in [-0.05, 0) is 61.9 Å². The van der Waals surface area contributed by atoms with Crippen LogP contribution in [0.15, 0.2) is 65.6 Å². The number of carbonyl (C=O) groups excluding carboxylic acids is 1. The molecule has 32 heavy (non-hydrogen) atoms. The molecule has 0 fully saturated rings. The maximum Gasteiger partial charge on any atom is 0.268 e. The van der Waals surface area contributed by atoms with Gasteiger partial charge in [-0.1, -0.05) is 47.0 Å². The van der Waals surface area contributed by atoms with Crippen LogP contribution in [0.4, 0.5) is 11.4 Å². The number of halogens is 2. The molecule has 3 aromatic carbocycles. The van der Waals surface area contributed by atoms with E-state index in [1.165, 1.54) is 19.2 Å². The molecule has 3 aromatic rings. The molecule has 0 spiro atoms. The lowest BCUT2D eigenvalue weighted by Crippen LogP contribution is -2.38. The Kier molecular flexibility index (Phi) is 7.33. The Morgan fingerprint density at radius 3 is 2.28 bits per heavy atom. The van der Waals surface area contributed by atoms with Gasteiger partial charge in [0, 0.05) is 5.02 Å². The second-order valence-corrected chi connectivity index (χ2v) is 9.85. The van der Waals surface area contributed by atoms with E-state index in [0.717, 1.165) is 15.4 Å². The Bertz CT molecular complexity index is 1250. The topological polar surface area (TPSA) is 75.7 Å². The Balaban J connectivity index is 2.03. The van der Waals surface area contributed by atoms with E-state index in [9.17, 15) is 13.2 Å². The van der Waals surface area contributed by atoms with Gasteiger partial charge in [0.2, 0.25) is 5.91 Å². The van der Waals surface area contributed by atoms with Gasteiger partial charge in [-0.25, -0.2) is 8.42 Å². The van der Waals surface area contributed by atoms with Crippen LogP contribution in [0.25, 0.3) is 0 Å². The molecule has 0 radical (unpaired) electrons. The molecule has 0 aliphatic rings. The molecule has 3 rings (SSSR count). The number of amides is 1. The SMILES string of the molecule is COc1ccc(C)cc1S(=O)(=O)N(CC(=O)Nc1cc(Cl)ccc1Cl)c1ccc(C)cc1. The van der Waals surface area contributed by atoms with Crippen LogP contribution in [0.3, 0.4) is 0 Å². The van der Waals surface area contributed by atoms with E-state index in [4.69, 9.17) is 27.9 Å². The van der Waals surface area contributed by atoms with Crippen molar-refractivity contribution in [1.29, 1.82) is 0 Å². The van der Waals surface area contributed by atoms with Crippen LogP contribution in [0, 0.1) is 13.8 Å². The van der Waals surface area contributed by atoms with Crippen LogP contribution in [-0.4, -0.2) is 28.0 Å². The second kappa shape index (κ2) is 9.81. The number of hydrogen-bond donors (Lipinski definition) is 1. The second-order valence-electron chi connectivity index (χ2n) is 7.17. The van der Waals surface area contributed by atoms with E-state index in [2.05, 4.69) is 5.32 Å². The number of hydrogen-bond acceptors (Lipinski definition) is 4. The van der Waals surface area contributed by atoms with E-state index in [0.29, 0.717) is 16.4 Å². The number of rotatable bonds is 7. The third-order valence-corrected chi connectivity index (χ3v) is 7.06. The molecular formula is C23H22Cl2N2O4S. The molecule has 168 valence electrons. The van der Waals surface area contributed by atoms with Crippen LogP contribution in [0.5, 0.6) is 5.75 Å². The Morgan fingerprint density at radius 1 is 0.969 bits per heavy atom. The van der Waals surface area contributed by atoms with Crippen molar-refractivity contribution in [3.05, 3.63) is 81.8 Å². The van der Waals surface area contributed by atoms with Crippen molar-refractivity contribution < 1.29 is 17.9 Å². The molecule has 0 aromatic heterocycles. The smallest absolute Gasteiger partial charge is 0.268 e. The first-order chi connectivity index (χ1) is 15.1. The summed E-state index contributed by atoms with van der Waals surface area (Å²) in [6.45, 7) is 3.19. The van der Waals surface area contributed by atoms with Gasteiger partial charge in [0.05, 0.1) is 23.5 Å². The number of nitrogens with one attached hydrogen (secondary N) is 1. The average molecular weight is 493 g/mol. The first kappa shape index (κ1) is 23.9. The summed E-state index contributed by atoms with van der Waals surface area (Å²) in [7, 11) is -2.75. The zero-order valence-electron chi connectivity index (χ0n) is 17.7. The molecule has 1 amide bonds. The first-order valence-electron chi connectivity index (χ1n) is 9.61. The monoisotopic (exact) mass is 492 g/mol. The number of ether oxygens (including phenoxy) is 1. The van der Waals surface area contributed by atoms with E-state index in [-0.39, 0.29) is 15.7 Å². The lowest BCUT2D eigenvalue weighted by Gasteiger charge is -2.25. The highest BCUT2D eigenvalue weighted by molar-refractivity contribution is 7.93. The Morgan fingerprint density at radius 2 is 1.62 bits per heavy atom. The molecule has 0 atom stereocenters. The molecule has 0 unspecified atom stereocenters. The van der Waals surface area contributed by atoms with Gasteiger partial charge in [-0.15, -0.1) is 0 Å². The molecule has 6 nitrogen and oxygen atoms in total. The minimum absolute atomic E-state index is 0.0332.